The third kappa shape index (κ3) is 43.0. The Balaban J connectivity index is 4.46. The highest BCUT2D eigenvalue weighted by atomic mass is 16.6. The first-order chi connectivity index (χ1) is 31.1. The molecule has 0 aromatic carbocycles. The van der Waals surface area contributed by atoms with Gasteiger partial charge >= 0.3 is 11.9 Å². The Hall–Kier alpha value is -4.27. The summed E-state index contributed by atoms with van der Waals surface area (Å²) in [5, 5.41) is 11.7. The maximum atomic E-state index is 12.7. The summed E-state index contributed by atoms with van der Waals surface area (Å²) < 4.78 is 17.1. The molecule has 0 heterocycles. The van der Waals surface area contributed by atoms with Gasteiger partial charge in [-0.3, -0.25) is 9.59 Å². The summed E-state index contributed by atoms with van der Waals surface area (Å²) >= 11 is 0. The van der Waals surface area contributed by atoms with Crippen molar-refractivity contribution >= 4 is 17.9 Å². The van der Waals surface area contributed by atoms with Gasteiger partial charge in [0.15, 0.2) is 6.10 Å². The van der Waals surface area contributed by atoms with E-state index in [9.17, 15) is 19.5 Å². The van der Waals surface area contributed by atoms with Crippen LogP contribution in [0.2, 0.25) is 0 Å². The molecule has 8 heteroatoms. The van der Waals surface area contributed by atoms with Crippen molar-refractivity contribution in [3.63, 3.8) is 0 Å². The van der Waals surface area contributed by atoms with Crippen LogP contribution in [-0.4, -0.2) is 75.5 Å². The first kappa shape index (κ1) is 59.7. The number of carboxylic acid groups (broad SMARTS) is 1. The van der Waals surface area contributed by atoms with Crippen LogP contribution in [-0.2, 0) is 28.6 Å². The van der Waals surface area contributed by atoms with Crippen molar-refractivity contribution in [2.45, 2.75) is 174 Å². The zero-order chi connectivity index (χ0) is 47.0. The van der Waals surface area contributed by atoms with Crippen molar-refractivity contribution in [2.75, 3.05) is 41.0 Å². The molecule has 64 heavy (non-hydrogen) atoms. The lowest BCUT2D eigenvalue weighted by molar-refractivity contribution is -0.889. The Morgan fingerprint density at radius 2 is 0.906 bits per heavy atom. The number of esters is 2. The van der Waals surface area contributed by atoms with Crippen molar-refractivity contribution in [3.05, 3.63) is 122 Å². The van der Waals surface area contributed by atoms with Crippen molar-refractivity contribution < 1.29 is 38.2 Å². The lowest BCUT2D eigenvalue weighted by Gasteiger charge is -2.34. The van der Waals surface area contributed by atoms with E-state index in [0.29, 0.717) is 12.8 Å². The number of carbonyl (C=O) groups excluding carboxylic acids is 3. The highest BCUT2D eigenvalue weighted by Crippen LogP contribution is 2.11. The molecule has 0 bridgehead atoms. The van der Waals surface area contributed by atoms with E-state index < -0.39 is 24.1 Å². The molecule has 0 fully saturated rings. The van der Waals surface area contributed by atoms with Crippen LogP contribution < -0.4 is 5.11 Å². The van der Waals surface area contributed by atoms with Gasteiger partial charge in [-0.05, 0) is 96.3 Å². The number of likely N-dealkylation sites (N-methyl/N-ethyl adjacent to an activating group) is 1. The van der Waals surface area contributed by atoms with E-state index in [2.05, 4.69) is 123 Å². The first-order valence-corrected chi connectivity index (χ1v) is 24.6. The zero-order valence-electron chi connectivity index (χ0n) is 40.9. The predicted molar refractivity (Wildman–Crippen MR) is 267 cm³/mol. The Labute approximate surface area is 391 Å². The van der Waals surface area contributed by atoms with Gasteiger partial charge in [-0.25, -0.2) is 0 Å². The summed E-state index contributed by atoms with van der Waals surface area (Å²) in [6.45, 7) is 4.40. The van der Waals surface area contributed by atoms with Crippen LogP contribution in [0.1, 0.15) is 162 Å². The fourth-order valence-electron chi connectivity index (χ4n) is 6.31. The lowest BCUT2D eigenvalue weighted by Crippen LogP contribution is -2.55. The average molecular weight is 888 g/mol. The minimum atomic E-state index is -1.14. The van der Waals surface area contributed by atoms with E-state index in [1.165, 1.54) is 25.7 Å². The smallest absolute Gasteiger partial charge is 0.306 e. The van der Waals surface area contributed by atoms with E-state index in [1.54, 1.807) is 21.1 Å². The molecular weight excluding hydrogens is 799 g/mol. The molecule has 0 rings (SSSR count). The van der Waals surface area contributed by atoms with Gasteiger partial charge in [0.05, 0.1) is 40.3 Å². The largest absolute Gasteiger partial charge is 0.544 e. The van der Waals surface area contributed by atoms with Crippen molar-refractivity contribution in [1.82, 2.24) is 0 Å². The minimum Gasteiger partial charge on any atom is -0.544 e. The number of unbranched alkanes of at least 4 members (excludes halogenated alkanes) is 8. The standard InChI is InChI=1S/C56H89NO7/c1-6-8-10-12-14-16-18-20-22-24-26-27-29-30-32-34-36-38-40-42-44-46-54(58)63-51-52(50-62-49-48-53(56(60)61)57(3,4)5)64-55(59)47-45-43-41-39-37-35-33-31-28-25-23-21-19-17-15-13-11-9-7-2/h9,11,14-17,20-23,26-28,30-32,35,37,41,43,52-53H,6-8,10,12-13,18-19,24-25,29,33-34,36,38-40,42,44-51H2,1-5H3/b11-9+,16-14+,17-15+,22-20+,23-21+,27-26+,31-28+,32-30+,37-35+,43-41+. The van der Waals surface area contributed by atoms with Gasteiger partial charge in [-0.15, -0.1) is 0 Å². The summed E-state index contributed by atoms with van der Waals surface area (Å²) in [7, 11) is 5.37. The molecule has 2 unspecified atom stereocenters. The molecular formula is C56H89NO7. The van der Waals surface area contributed by atoms with Gasteiger partial charge < -0.3 is 28.6 Å². The number of allylic oxidation sites excluding steroid dienone is 20. The fourth-order valence-corrected chi connectivity index (χ4v) is 6.31. The summed E-state index contributed by atoms with van der Waals surface area (Å²) in [5.74, 6) is -1.88. The van der Waals surface area contributed by atoms with E-state index in [0.717, 1.165) is 96.3 Å². The van der Waals surface area contributed by atoms with Gasteiger partial charge in [-0.2, -0.15) is 0 Å². The van der Waals surface area contributed by atoms with Crippen LogP contribution in [0.5, 0.6) is 0 Å². The molecule has 0 saturated heterocycles. The van der Waals surface area contributed by atoms with E-state index in [4.69, 9.17) is 14.2 Å². The molecule has 2 atom stereocenters. The van der Waals surface area contributed by atoms with Crippen molar-refractivity contribution in [2.24, 2.45) is 0 Å². The number of aliphatic carboxylic acids is 1. The van der Waals surface area contributed by atoms with Crippen LogP contribution in [0, 0.1) is 0 Å². The quantitative estimate of drug-likeness (QED) is 0.0260. The molecule has 0 saturated carbocycles. The normalized spacial score (nSPS) is 14.0. The van der Waals surface area contributed by atoms with Gasteiger partial charge in [0, 0.05) is 19.3 Å². The Morgan fingerprint density at radius 3 is 1.36 bits per heavy atom. The van der Waals surface area contributed by atoms with Crippen LogP contribution >= 0.6 is 0 Å². The summed E-state index contributed by atoms with van der Waals surface area (Å²) in [5.41, 5.74) is 0. The maximum Gasteiger partial charge on any atom is 0.306 e. The second kappa shape index (κ2) is 45.3. The highest BCUT2D eigenvalue weighted by molar-refractivity contribution is 5.70. The summed E-state index contributed by atoms with van der Waals surface area (Å²) in [4.78, 5) is 37.0. The van der Waals surface area contributed by atoms with Crippen LogP contribution in [0.15, 0.2) is 122 Å². The molecule has 0 aromatic rings. The highest BCUT2D eigenvalue weighted by Gasteiger charge is 2.25. The molecule has 0 N–H and O–H groups in total. The first-order valence-electron chi connectivity index (χ1n) is 24.6. The number of ether oxygens (including phenoxy) is 3. The molecule has 8 nitrogen and oxygen atoms in total. The van der Waals surface area contributed by atoms with Crippen LogP contribution in [0.4, 0.5) is 0 Å². The molecule has 0 radical (unpaired) electrons. The number of carbonyl (C=O) groups is 3. The maximum absolute atomic E-state index is 12.7. The number of quaternary nitrogens is 1. The predicted octanol–water partition coefficient (Wildman–Crippen LogP) is 12.9. The monoisotopic (exact) mass is 888 g/mol. The number of nitrogens with zero attached hydrogens (tertiary/aromatic N) is 1. The second-order valence-corrected chi connectivity index (χ2v) is 17.0. The Kier molecular flexibility index (Phi) is 42.3. The number of rotatable bonds is 42. The molecule has 0 aliphatic rings. The lowest BCUT2D eigenvalue weighted by atomic mass is 10.1. The van der Waals surface area contributed by atoms with Crippen LogP contribution in [0.25, 0.3) is 0 Å². The molecule has 0 amide bonds. The zero-order valence-corrected chi connectivity index (χ0v) is 40.9. The SMILES string of the molecule is CC/C=C/C/C=C/C/C=C/C/C=C/C/C=C/C/C=C/CCC(=O)OC(COCCC(C(=O)[O-])[N+](C)(C)C)COC(=O)CCCCCCC/C=C/C/C=C/C/C=C/C/C=C/CCCCC. The van der Waals surface area contributed by atoms with E-state index in [-0.39, 0.29) is 43.1 Å². The molecule has 0 spiro atoms. The number of hydrogen-bond acceptors (Lipinski definition) is 7. The van der Waals surface area contributed by atoms with Crippen molar-refractivity contribution in [1.29, 1.82) is 0 Å². The van der Waals surface area contributed by atoms with Gasteiger partial charge in [0.1, 0.15) is 12.6 Å². The van der Waals surface area contributed by atoms with Gasteiger partial charge in [-0.1, -0.05) is 167 Å². The minimum absolute atomic E-state index is 0.00468. The fraction of sp³-hybridized carbons (Fsp3) is 0.589. The molecule has 0 aromatic heterocycles. The Bertz CT molecular complexity index is 1450. The van der Waals surface area contributed by atoms with Crippen LogP contribution in [0.3, 0.4) is 0 Å². The second-order valence-electron chi connectivity index (χ2n) is 17.0. The van der Waals surface area contributed by atoms with Crippen molar-refractivity contribution in [3.8, 4) is 0 Å². The third-order valence-corrected chi connectivity index (χ3v) is 10.1. The summed E-state index contributed by atoms with van der Waals surface area (Å²) in [6, 6.07) is -0.750. The van der Waals surface area contributed by atoms with Gasteiger partial charge in [0.25, 0.3) is 0 Å². The topological polar surface area (TPSA) is 102 Å². The van der Waals surface area contributed by atoms with E-state index in [1.807, 2.05) is 12.2 Å². The average Bonchev–Trinajstić information content (AvgIpc) is 3.26. The molecule has 0 aliphatic carbocycles. The number of hydrogen-bond donors (Lipinski definition) is 0. The van der Waals surface area contributed by atoms with E-state index >= 15 is 0 Å². The summed E-state index contributed by atoms with van der Waals surface area (Å²) in [6.07, 6.45) is 63.8. The third-order valence-electron chi connectivity index (χ3n) is 10.1. The number of carboxylic acids is 1. The van der Waals surface area contributed by atoms with Gasteiger partial charge in [0.2, 0.25) is 0 Å². The molecule has 360 valence electrons. The Morgan fingerprint density at radius 1 is 0.484 bits per heavy atom. The molecule has 0 aliphatic heterocycles.